The summed E-state index contributed by atoms with van der Waals surface area (Å²) in [6.07, 6.45) is 0. The van der Waals surface area contributed by atoms with Crippen LogP contribution in [-0.2, 0) is 18.1 Å². The van der Waals surface area contributed by atoms with Gasteiger partial charge < -0.3 is 5.11 Å². The molecule has 0 saturated carbocycles. The maximum Gasteiger partial charge on any atom is 0.0933 e. The minimum Gasteiger partial charge on any atom is -0.392 e. The molecule has 0 atom stereocenters. The number of halogens is 1. The van der Waals surface area contributed by atoms with Crippen molar-refractivity contribution in [2.75, 3.05) is 0 Å². The summed E-state index contributed by atoms with van der Waals surface area (Å²) in [5.74, 6) is 4.90. The highest BCUT2D eigenvalue weighted by atomic mass is 35.5. The molecule has 0 spiro atoms. The zero-order chi connectivity index (χ0) is 8.10. The summed E-state index contributed by atoms with van der Waals surface area (Å²) in [6.45, 7) is 0.371. The van der Waals surface area contributed by atoms with Gasteiger partial charge in [-0.15, -0.1) is 12.4 Å². The number of aliphatic hydroxyl groups excluding tert-OH is 1. The van der Waals surface area contributed by atoms with E-state index in [1.54, 1.807) is 0 Å². The third-order valence-electron chi connectivity index (χ3n) is 1.53. The normalized spacial score (nSPS) is 9.17. The van der Waals surface area contributed by atoms with E-state index in [1.165, 1.54) is 0 Å². The molecule has 0 amide bonds. The number of benzene rings is 1. The van der Waals surface area contributed by atoms with Gasteiger partial charge in [-0.05, 0) is 11.1 Å². The topological polar surface area (TPSA) is 55.5 Å². The maximum atomic E-state index is 8.85. The molecule has 3 nitrogen and oxygen atoms in total. The quantitative estimate of drug-likeness (QED) is 0.698. The van der Waals surface area contributed by atoms with Crippen LogP contribution in [0.4, 0.5) is 0 Å². The predicted molar refractivity (Wildman–Crippen MR) is 48.6 cm³/mol. The molecule has 1 aromatic rings. The lowest BCUT2D eigenvalue weighted by Gasteiger charge is -2.03. The van der Waals surface area contributed by atoms with Crippen molar-refractivity contribution in [3.05, 3.63) is 35.4 Å². The molecule has 0 aliphatic heterocycles. The Morgan fingerprint density at radius 1 is 1.25 bits per heavy atom. The highest BCUT2D eigenvalue weighted by Crippen LogP contribution is 2.08. The molecule has 12 heavy (non-hydrogen) atoms. The van der Waals surface area contributed by atoms with Gasteiger partial charge in [-0.1, -0.05) is 24.3 Å². The molecular weight excluding hydrogens is 178 g/mol. The summed E-state index contributed by atoms with van der Waals surface area (Å²) >= 11 is 0. The third-order valence-corrected chi connectivity index (χ3v) is 1.53. The fourth-order valence-corrected chi connectivity index (χ4v) is 0.942. The molecular formula is C8H12ClNO2. The first-order chi connectivity index (χ1) is 5.38. The highest BCUT2D eigenvalue weighted by Gasteiger charge is 1.98. The van der Waals surface area contributed by atoms with Crippen LogP contribution in [0.5, 0.6) is 0 Å². The number of hydrogen-bond donors (Lipinski definition) is 2. The molecule has 68 valence electrons. The van der Waals surface area contributed by atoms with Crippen molar-refractivity contribution >= 4 is 12.4 Å². The minimum atomic E-state index is 0. The van der Waals surface area contributed by atoms with E-state index in [2.05, 4.69) is 4.84 Å². The van der Waals surface area contributed by atoms with Gasteiger partial charge in [0.25, 0.3) is 0 Å². The third kappa shape index (κ3) is 2.79. The molecule has 0 aromatic heterocycles. The molecule has 1 rings (SSSR count). The van der Waals surface area contributed by atoms with E-state index in [0.717, 1.165) is 11.1 Å². The van der Waals surface area contributed by atoms with Gasteiger partial charge in [-0.2, -0.15) is 0 Å². The van der Waals surface area contributed by atoms with Gasteiger partial charge in [0.1, 0.15) is 0 Å². The van der Waals surface area contributed by atoms with E-state index in [-0.39, 0.29) is 19.0 Å². The zero-order valence-electron chi connectivity index (χ0n) is 6.56. The smallest absolute Gasteiger partial charge is 0.0933 e. The number of aliphatic hydroxyl groups is 1. The average Bonchev–Trinajstić information content (AvgIpc) is 2.06. The van der Waals surface area contributed by atoms with E-state index in [1.807, 2.05) is 24.3 Å². The Morgan fingerprint density at radius 3 is 2.33 bits per heavy atom. The number of hydrogen-bond acceptors (Lipinski definition) is 3. The van der Waals surface area contributed by atoms with Crippen molar-refractivity contribution in [3.8, 4) is 0 Å². The van der Waals surface area contributed by atoms with Gasteiger partial charge in [0, 0.05) is 0 Å². The molecule has 0 heterocycles. The summed E-state index contributed by atoms with van der Waals surface area (Å²) < 4.78 is 0. The summed E-state index contributed by atoms with van der Waals surface area (Å²) in [5, 5.41) is 8.85. The molecule has 3 N–H and O–H groups in total. The summed E-state index contributed by atoms with van der Waals surface area (Å²) in [7, 11) is 0. The lowest BCUT2D eigenvalue weighted by molar-refractivity contribution is 0.122. The second kappa shape index (κ2) is 5.97. The van der Waals surface area contributed by atoms with Crippen LogP contribution in [0.2, 0.25) is 0 Å². The SMILES string of the molecule is Cl.NOCc1ccccc1CO. The van der Waals surface area contributed by atoms with Crippen molar-refractivity contribution in [2.45, 2.75) is 13.2 Å². The second-order valence-corrected chi connectivity index (χ2v) is 2.24. The summed E-state index contributed by atoms with van der Waals surface area (Å²) in [4.78, 5) is 4.46. The van der Waals surface area contributed by atoms with E-state index in [0.29, 0.717) is 6.61 Å². The molecule has 4 heteroatoms. The fourth-order valence-electron chi connectivity index (χ4n) is 0.942. The van der Waals surface area contributed by atoms with Gasteiger partial charge in [0.15, 0.2) is 0 Å². The van der Waals surface area contributed by atoms with Crippen molar-refractivity contribution < 1.29 is 9.94 Å². The molecule has 1 aromatic carbocycles. The number of rotatable bonds is 3. The average molecular weight is 190 g/mol. The van der Waals surface area contributed by atoms with E-state index in [9.17, 15) is 0 Å². The second-order valence-electron chi connectivity index (χ2n) is 2.24. The molecule has 0 radical (unpaired) electrons. The van der Waals surface area contributed by atoms with Crippen LogP contribution in [0.25, 0.3) is 0 Å². The molecule has 0 unspecified atom stereocenters. The van der Waals surface area contributed by atoms with Crippen LogP contribution >= 0.6 is 12.4 Å². The van der Waals surface area contributed by atoms with Crippen LogP contribution in [-0.4, -0.2) is 5.11 Å². The van der Waals surface area contributed by atoms with Gasteiger partial charge in [-0.3, -0.25) is 4.84 Å². The summed E-state index contributed by atoms with van der Waals surface area (Å²) in [6, 6.07) is 7.46. The van der Waals surface area contributed by atoms with Crippen LogP contribution < -0.4 is 5.90 Å². The van der Waals surface area contributed by atoms with Gasteiger partial charge in [-0.25, -0.2) is 5.90 Å². The van der Waals surface area contributed by atoms with Crippen LogP contribution in [0.3, 0.4) is 0 Å². The first kappa shape index (κ1) is 11.4. The van der Waals surface area contributed by atoms with Gasteiger partial charge in [0.2, 0.25) is 0 Å². The maximum absolute atomic E-state index is 8.85. The largest absolute Gasteiger partial charge is 0.392 e. The number of nitrogens with two attached hydrogens (primary N) is 1. The fraction of sp³-hybridized carbons (Fsp3) is 0.250. The minimum absolute atomic E-state index is 0. The lowest BCUT2D eigenvalue weighted by Crippen LogP contribution is -2.01. The Kier molecular flexibility index (Phi) is 5.66. The molecule has 0 saturated heterocycles. The molecule has 0 bridgehead atoms. The van der Waals surface area contributed by atoms with Crippen molar-refractivity contribution in [3.63, 3.8) is 0 Å². The summed E-state index contributed by atoms with van der Waals surface area (Å²) in [5.41, 5.74) is 1.79. The van der Waals surface area contributed by atoms with Gasteiger partial charge >= 0.3 is 0 Å². The highest BCUT2D eigenvalue weighted by molar-refractivity contribution is 5.85. The van der Waals surface area contributed by atoms with E-state index >= 15 is 0 Å². The van der Waals surface area contributed by atoms with Crippen molar-refractivity contribution in [1.82, 2.24) is 0 Å². The first-order valence-corrected chi connectivity index (χ1v) is 3.38. The predicted octanol–water partition coefficient (Wildman–Crippen LogP) is 0.991. The Balaban J connectivity index is 0.00000121. The van der Waals surface area contributed by atoms with Crippen LogP contribution in [0.15, 0.2) is 24.3 Å². The Labute approximate surface area is 77.5 Å². The van der Waals surface area contributed by atoms with Crippen molar-refractivity contribution in [2.24, 2.45) is 5.90 Å². The molecule has 0 fully saturated rings. The zero-order valence-corrected chi connectivity index (χ0v) is 7.38. The molecule has 0 aliphatic carbocycles. The van der Waals surface area contributed by atoms with Gasteiger partial charge in [0.05, 0.1) is 13.2 Å². The Bertz CT molecular complexity index is 230. The Hall–Kier alpha value is -0.610. The standard InChI is InChI=1S/C8H11NO2.ClH/c9-11-6-8-4-2-1-3-7(8)5-10;/h1-4,10H,5-6,9H2;1H. The van der Waals surface area contributed by atoms with E-state index < -0.39 is 0 Å². The first-order valence-electron chi connectivity index (χ1n) is 3.38. The van der Waals surface area contributed by atoms with Crippen LogP contribution in [0.1, 0.15) is 11.1 Å². The Morgan fingerprint density at radius 2 is 1.83 bits per heavy atom. The lowest BCUT2D eigenvalue weighted by atomic mass is 10.1. The van der Waals surface area contributed by atoms with Crippen LogP contribution in [0, 0.1) is 0 Å². The molecule has 0 aliphatic rings. The van der Waals surface area contributed by atoms with Crippen molar-refractivity contribution in [1.29, 1.82) is 0 Å². The monoisotopic (exact) mass is 189 g/mol. The van der Waals surface area contributed by atoms with E-state index in [4.69, 9.17) is 11.0 Å².